The van der Waals surface area contributed by atoms with Gasteiger partial charge in [-0.2, -0.15) is 0 Å². The van der Waals surface area contributed by atoms with E-state index in [4.69, 9.17) is 4.74 Å². The van der Waals surface area contributed by atoms with E-state index in [1.54, 1.807) is 7.11 Å². The van der Waals surface area contributed by atoms with Crippen LogP contribution >= 0.6 is 0 Å². The number of nitrogens with one attached hydrogen (secondary N) is 3. The number of rotatable bonds is 8. The van der Waals surface area contributed by atoms with Gasteiger partial charge in [-0.1, -0.05) is 0 Å². The van der Waals surface area contributed by atoms with Crippen molar-refractivity contribution < 1.29 is 9.53 Å². The molecule has 0 fully saturated rings. The van der Waals surface area contributed by atoms with Crippen LogP contribution in [0.4, 0.5) is 0 Å². The van der Waals surface area contributed by atoms with Crippen molar-refractivity contribution in [3.63, 3.8) is 0 Å². The molecule has 0 saturated carbocycles. The van der Waals surface area contributed by atoms with Gasteiger partial charge < -0.3 is 20.4 Å². The Morgan fingerprint density at radius 3 is 3.06 bits per heavy atom. The van der Waals surface area contributed by atoms with Crippen LogP contribution in [0.3, 0.4) is 0 Å². The van der Waals surface area contributed by atoms with Crippen LogP contribution in [-0.4, -0.2) is 37.7 Å². The number of aromatic amines is 1. The van der Waals surface area contributed by atoms with Crippen molar-refractivity contribution in [2.24, 2.45) is 0 Å². The minimum atomic E-state index is 0.0519. The number of aromatic nitrogens is 1. The molecule has 0 aromatic carbocycles. The van der Waals surface area contributed by atoms with Gasteiger partial charge in [0, 0.05) is 45.1 Å². The number of H-pyrrole nitrogens is 1. The van der Waals surface area contributed by atoms with Gasteiger partial charge in [0.25, 0.3) is 0 Å². The first-order valence-corrected chi connectivity index (χ1v) is 5.41. The molecule has 90 valence electrons. The van der Waals surface area contributed by atoms with E-state index in [-0.39, 0.29) is 5.91 Å². The smallest absolute Gasteiger partial charge is 0.221 e. The molecule has 0 aliphatic rings. The van der Waals surface area contributed by atoms with Crippen LogP contribution in [0.5, 0.6) is 0 Å². The zero-order valence-electron chi connectivity index (χ0n) is 9.58. The lowest BCUT2D eigenvalue weighted by molar-refractivity contribution is -0.121. The van der Waals surface area contributed by atoms with E-state index in [1.807, 2.05) is 18.3 Å². The highest BCUT2D eigenvalue weighted by atomic mass is 16.5. The van der Waals surface area contributed by atoms with Gasteiger partial charge in [0.1, 0.15) is 0 Å². The van der Waals surface area contributed by atoms with Gasteiger partial charge in [-0.05, 0) is 12.1 Å². The minimum Gasteiger partial charge on any atom is -0.383 e. The second-order valence-electron chi connectivity index (χ2n) is 3.46. The lowest BCUT2D eigenvalue weighted by Gasteiger charge is -2.05. The summed E-state index contributed by atoms with van der Waals surface area (Å²) in [5.74, 6) is 0.0519. The summed E-state index contributed by atoms with van der Waals surface area (Å²) in [4.78, 5) is 14.4. The Bertz CT molecular complexity index is 285. The number of ether oxygens (including phenoxy) is 1. The van der Waals surface area contributed by atoms with Crippen LogP contribution in [0, 0.1) is 0 Å². The Kier molecular flexibility index (Phi) is 6.29. The third-order valence-corrected chi connectivity index (χ3v) is 2.14. The topological polar surface area (TPSA) is 66.2 Å². The first-order chi connectivity index (χ1) is 7.83. The van der Waals surface area contributed by atoms with Crippen LogP contribution in [-0.2, 0) is 16.1 Å². The average Bonchev–Trinajstić information content (AvgIpc) is 2.78. The van der Waals surface area contributed by atoms with E-state index < -0.39 is 0 Å². The molecule has 1 aromatic heterocycles. The van der Waals surface area contributed by atoms with Crippen LogP contribution < -0.4 is 10.6 Å². The SMILES string of the molecule is COCCNC(=O)CCNCc1ccc[nH]1. The summed E-state index contributed by atoms with van der Waals surface area (Å²) in [6.45, 7) is 2.57. The summed E-state index contributed by atoms with van der Waals surface area (Å²) in [5.41, 5.74) is 1.12. The van der Waals surface area contributed by atoms with Crippen molar-refractivity contribution in [1.29, 1.82) is 0 Å². The van der Waals surface area contributed by atoms with Crippen molar-refractivity contribution in [2.75, 3.05) is 26.8 Å². The first-order valence-electron chi connectivity index (χ1n) is 5.41. The highest BCUT2D eigenvalue weighted by Gasteiger charge is 1.99. The molecule has 0 unspecified atom stereocenters. The largest absolute Gasteiger partial charge is 0.383 e. The molecule has 0 saturated heterocycles. The lowest BCUT2D eigenvalue weighted by Crippen LogP contribution is -2.29. The number of hydrogen-bond donors (Lipinski definition) is 3. The van der Waals surface area contributed by atoms with E-state index in [9.17, 15) is 4.79 Å². The minimum absolute atomic E-state index is 0.0519. The summed E-state index contributed by atoms with van der Waals surface area (Å²) in [6, 6.07) is 3.96. The predicted octanol–water partition coefficient (Wildman–Crippen LogP) is 0.257. The Labute approximate surface area is 95.6 Å². The van der Waals surface area contributed by atoms with Gasteiger partial charge in [0.05, 0.1) is 6.61 Å². The predicted molar refractivity (Wildman–Crippen MR) is 62.0 cm³/mol. The molecule has 1 heterocycles. The van der Waals surface area contributed by atoms with E-state index in [0.29, 0.717) is 26.1 Å². The number of hydrogen-bond acceptors (Lipinski definition) is 3. The Morgan fingerprint density at radius 1 is 1.50 bits per heavy atom. The second kappa shape index (κ2) is 7.90. The molecule has 1 amide bonds. The number of carbonyl (C=O) groups is 1. The maximum Gasteiger partial charge on any atom is 0.221 e. The van der Waals surface area contributed by atoms with Crippen LogP contribution in [0.15, 0.2) is 18.3 Å². The van der Waals surface area contributed by atoms with Crippen molar-refractivity contribution in [2.45, 2.75) is 13.0 Å². The van der Waals surface area contributed by atoms with Gasteiger partial charge in [-0.15, -0.1) is 0 Å². The molecule has 0 bridgehead atoms. The summed E-state index contributed by atoms with van der Waals surface area (Å²) in [7, 11) is 1.62. The first kappa shape index (κ1) is 12.7. The van der Waals surface area contributed by atoms with Gasteiger partial charge >= 0.3 is 0 Å². The molecule has 0 aliphatic heterocycles. The van der Waals surface area contributed by atoms with Crippen LogP contribution in [0.1, 0.15) is 12.1 Å². The highest BCUT2D eigenvalue weighted by Crippen LogP contribution is 1.92. The molecule has 3 N–H and O–H groups in total. The molecule has 0 radical (unpaired) electrons. The molecular formula is C11H19N3O2. The fourth-order valence-corrected chi connectivity index (χ4v) is 1.28. The summed E-state index contributed by atoms with van der Waals surface area (Å²) in [5, 5.41) is 5.95. The Balaban J connectivity index is 1.96. The third kappa shape index (κ3) is 5.53. The molecule has 0 aliphatic carbocycles. The van der Waals surface area contributed by atoms with Crippen LogP contribution in [0.25, 0.3) is 0 Å². The van der Waals surface area contributed by atoms with Crippen molar-refractivity contribution >= 4 is 5.91 Å². The van der Waals surface area contributed by atoms with Gasteiger partial charge in [0.2, 0.25) is 5.91 Å². The zero-order valence-corrected chi connectivity index (χ0v) is 9.58. The molecule has 5 heteroatoms. The molecule has 16 heavy (non-hydrogen) atoms. The van der Waals surface area contributed by atoms with Crippen LogP contribution in [0.2, 0.25) is 0 Å². The molecule has 0 spiro atoms. The van der Waals surface area contributed by atoms with Crippen molar-refractivity contribution in [3.8, 4) is 0 Å². The fraction of sp³-hybridized carbons (Fsp3) is 0.545. The van der Waals surface area contributed by atoms with E-state index in [2.05, 4.69) is 15.6 Å². The lowest BCUT2D eigenvalue weighted by atomic mass is 10.3. The number of methoxy groups -OCH3 is 1. The average molecular weight is 225 g/mol. The monoisotopic (exact) mass is 225 g/mol. The highest BCUT2D eigenvalue weighted by molar-refractivity contribution is 5.75. The normalized spacial score (nSPS) is 10.3. The summed E-state index contributed by atoms with van der Waals surface area (Å²) >= 11 is 0. The van der Waals surface area contributed by atoms with E-state index in [1.165, 1.54) is 0 Å². The summed E-state index contributed by atoms with van der Waals surface area (Å²) < 4.78 is 4.83. The standard InChI is InChI=1S/C11H19N3O2/c1-16-8-7-14-11(15)4-6-12-9-10-3-2-5-13-10/h2-3,5,12-13H,4,6-9H2,1H3,(H,14,15). The van der Waals surface area contributed by atoms with Gasteiger partial charge in [0.15, 0.2) is 0 Å². The van der Waals surface area contributed by atoms with Crippen molar-refractivity contribution in [3.05, 3.63) is 24.0 Å². The second-order valence-corrected chi connectivity index (χ2v) is 3.46. The Morgan fingerprint density at radius 2 is 2.38 bits per heavy atom. The maximum atomic E-state index is 11.3. The third-order valence-electron chi connectivity index (χ3n) is 2.14. The summed E-state index contributed by atoms with van der Waals surface area (Å²) in [6.07, 6.45) is 2.37. The number of carbonyl (C=O) groups excluding carboxylic acids is 1. The van der Waals surface area contributed by atoms with Gasteiger partial charge in [-0.25, -0.2) is 0 Å². The van der Waals surface area contributed by atoms with E-state index in [0.717, 1.165) is 12.2 Å². The molecule has 0 atom stereocenters. The molecule has 1 rings (SSSR count). The molecular weight excluding hydrogens is 206 g/mol. The number of amides is 1. The maximum absolute atomic E-state index is 11.3. The fourth-order valence-electron chi connectivity index (χ4n) is 1.28. The quantitative estimate of drug-likeness (QED) is 0.556. The molecule has 1 aromatic rings. The zero-order chi connectivity index (χ0) is 11.6. The molecule has 5 nitrogen and oxygen atoms in total. The van der Waals surface area contributed by atoms with Crippen molar-refractivity contribution in [1.82, 2.24) is 15.6 Å². The Hall–Kier alpha value is -1.33. The van der Waals surface area contributed by atoms with Gasteiger partial charge in [-0.3, -0.25) is 4.79 Å². The van der Waals surface area contributed by atoms with E-state index >= 15 is 0 Å².